The van der Waals surface area contributed by atoms with Gasteiger partial charge in [0.25, 0.3) is 0 Å². The molecule has 0 fully saturated rings. The minimum atomic E-state index is 0.589. The highest BCUT2D eigenvalue weighted by atomic mass is 32.2. The highest BCUT2D eigenvalue weighted by Gasteiger charge is 2.05. The van der Waals surface area contributed by atoms with E-state index >= 15 is 0 Å². The first kappa shape index (κ1) is 13.6. The Morgan fingerprint density at radius 1 is 0.609 bits per heavy atom. The lowest BCUT2D eigenvalue weighted by Crippen LogP contribution is -1.82. The Kier molecular flexibility index (Phi) is 3.53. The van der Waals surface area contributed by atoms with E-state index in [1.54, 1.807) is 11.8 Å². The standard InChI is InChI=1S/C14H10N8S/c1-5-11(6-2-9(1)13-15-19-20-16-13)23-12-7-3-10(4-8-12)14-17-21-22-18-14/h1-8H,(H,15,16,19,20)(H,17,18,21,22). The molecule has 0 spiro atoms. The molecule has 23 heavy (non-hydrogen) atoms. The Balaban J connectivity index is 1.49. The molecule has 2 heterocycles. The summed E-state index contributed by atoms with van der Waals surface area (Å²) in [5.74, 6) is 1.18. The van der Waals surface area contributed by atoms with Gasteiger partial charge in [0.05, 0.1) is 0 Å². The number of nitrogens with one attached hydrogen (secondary N) is 2. The third kappa shape index (κ3) is 2.94. The largest absolute Gasteiger partial charge is 0.204 e. The van der Waals surface area contributed by atoms with Crippen LogP contribution in [0.1, 0.15) is 0 Å². The van der Waals surface area contributed by atoms with Gasteiger partial charge in [0.1, 0.15) is 0 Å². The van der Waals surface area contributed by atoms with Crippen molar-refractivity contribution in [3.05, 3.63) is 48.5 Å². The Morgan fingerprint density at radius 3 is 1.39 bits per heavy atom. The molecule has 0 saturated heterocycles. The number of hydrogen-bond donors (Lipinski definition) is 2. The molecule has 0 amide bonds. The van der Waals surface area contributed by atoms with Crippen LogP contribution in [0.5, 0.6) is 0 Å². The number of H-pyrrole nitrogens is 2. The summed E-state index contributed by atoms with van der Waals surface area (Å²) in [6, 6.07) is 16.0. The minimum absolute atomic E-state index is 0.589. The smallest absolute Gasteiger partial charge is 0.177 e. The second-order valence-corrected chi connectivity index (χ2v) is 5.77. The molecule has 0 aliphatic rings. The van der Waals surface area contributed by atoms with Gasteiger partial charge < -0.3 is 0 Å². The first-order valence-corrected chi connectivity index (χ1v) is 7.56. The van der Waals surface area contributed by atoms with Crippen molar-refractivity contribution in [3.63, 3.8) is 0 Å². The number of nitrogens with zero attached hydrogens (tertiary/aromatic N) is 6. The second-order valence-electron chi connectivity index (χ2n) is 4.62. The van der Waals surface area contributed by atoms with Gasteiger partial charge in [0.15, 0.2) is 0 Å². The summed E-state index contributed by atoms with van der Waals surface area (Å²) in [5, 5.41) is 27.9. The maximum atomic E-state index is 3.96. The lowest BCUT2D eigenvalue weighted by atomic mass is 10.2. The van der Waals surface area contributed by atoms with Crippen LogP contribution in [-0.2, 0) is 0 Å². The molecule has 4 aromatic rings. The van der Waals surface area contributed by atoms with Gasteiger partial charge in [0, 0.05) is 20.9 Å². The van der Waals surface area contributed by atoms with Crippen molar-refractivity contribution in [2.45, 2.75) is 9.79 Å². The van der Waals surface area contributed by atoms with E-state index in [4.69, 9.17) is 0 Å². The van der Waals surface area contributed by atoms with E-state index in [2.05, 4.69) is 41.2 Å². The van der Waals surface area contributed by atoms with Gasteiger partial charge in [0.2, 0.25) is 11.6 Å². The molecule has 0 radical (unpaired) electrons. The number of tetrazole rings is 2. The van der Waals surface area contributed by atoms with Gasteiger partial charge in [-0.05, 0) is 59.0 Å². The third-order valence-electron chi connectivity index (χ3n) is 3.15. The van der Waals surface area contributed by atoms with Crippen LogP contribution in [0.25, 0.3) is 22.8 Å². The highest BCUT2D eigenvalue weighted by molar-refractivity contribution is 7.99. The van der Waals surface area contributed by atoms with E-state index in [0.717, 1.165) is 20.9 Å². The summed E-state index contributed by atoms with van der Waals surface area (Å²) in [6.07, 6.45) is 0. The maximum absolute atomic E-state index is 3.96. The normalized spacial score (nSPS) is 10.8. The fourth-order valence-corrected chi connectivity index (χ4v) is 2.86. The highest BCUT2D eigenvalue weighted by Crippen LogP contribution is 2.30. The lowest BCUT2D eigenvalue weighted by molar-refractivity contribution is 0.881. The number of aromatic amines is 2. The van der Waals surface area contributed by atoms with Crippen molar-refractivity contribution in [1.82, 2.24) is 41.2 Å². The molecule has 2 aromatic carbocycles. The van der Waals surface area contributed by atoms with Crippen LogP contribution in [0.15, 0.2) is 58.3 Å². The topological polar surface area (TPSA) is 109 Å². The molecule has 9 heteroatoms. The average Bonchev–Trinajstić information content (AvgIpc) is 3.30. The minimum Gasteiger partial charge on any atom is -0.177 e. The Morgan fingerprint density at radius 2 is 1.04 bits per heavy atom. The molecule has 0 unspecified atom stereocenters. The Bertz CT molecular complexity index is 794. The van der Waals surface area contributed by atoms with E-state index < -0.39 is 0 Å². The summed E-state index contributed by atoms with van der Waals surface area (Å²) in [7, 11) is 0. The van der Waals surface area contributed by atoms with E-state index in [0.29, 0.717) is 11.6 Å². The summed E-state index contributed by atoms with van der Waals surface area (Å²) in [5.41, 5.74) is 1.85. The van der Waals surface area contributed by atoms with Gasteiger partial charge in [-0.3, -0.25) is 0 Å². The van der Waals surface area contributed by atoms with Crippen LogP contribution in [0, 0.1) is 0 Å². The predicted octanol–water partition coefficient (Wildman–Crippen LogP) is 2.20. The first-order valence-electron chi connectivity index (χ1n) is 6.74. The van der Waals surface area contributed by atoms with Crippen LogP contribution < -0.4 is 0 Å². The van der Waals surface area contributed by atoms with E-state index in [-0.39, 0.29) is 0 Å². The molecule has 2 N–H and O–H groups in total. The van der Waals surface area contributed by atoms with E-state index in [9.17, 15) is 0 Å². The molecule has 8 nitrogen and oxygen atoms in total. The summed E-state index contributed by atoms with van der Waals surface area (Å²) in [6.45, 7) is 0. The SMILES string of the molecule is c1cc(-c2nn[nH]n2)ccc1Sc1ccc(-c2nn[nH]n2)cc1. The van der Waals surface area contributed by atoms with Gasteiger partial charge in [-0.25, -0.2) is 0 Å². The molecule has 4 rings (SSSR count). The monoisotopic (exact) mass is 322 g/mol. The molecular weight excluding hydrogens is 312 g/mol. The van der Waals surface area contributed by atoms with Crippen LogP contribution in [-0.4, -0.2) is 41.2 Å². The van der Waals surface area contributed by atoms with E-state index in [1.807, 2.05) is 48.5 Å². The third-order valence-corrected chi connectivity index (χ3v) is 4.17. The molecule has 112 valence electrons. The van der Waals surface area contributed by atoms with Crippen LogP contribution >= 0.6 is 11.8 Å². The number of aromatic nitrogens is 8. The zero-order valence-electron chi connectivity index (χ0n) is 11.7. The summed E-state index contributed by atoms with van der Waals surface area (Å²) >= 11 is 1.67. The fraction of sp³-hybridized carbons (Fsp3) is 0. The number of hydrogen-bond acceptors (Lipinski definition) is 7. The van der Waals surface area contributed by atoms with Crippen LogP contribution in [0.4, 0.5) is 0 Å². The molecule has 0 aliphatic heterocycles. The van der Waals surface area contributed by atoms with Crippen LogP contribution in [0.2, 0.25) is 0 Å². The molecule has 2 aromatic heterocycles. The number of benzene rings is 2. The predicted molar refractivity (Wildman–Crippen MR) is 83.4 cm³/mol. The lowest BCUT2D eigenvalue weighted by Gasteiger charge is -2.03. The molecule has 0 bridgehead atoms. The van der Waals surface area contributed by atoms with Crippen molar-refractivity contribution >= 4 is 11.8 Å². The maximum Gasteiger partial charge on any atom is 0.204 e. The zero-order valence-corrected chi connectivity index (χ0v) is 12.5. The van der Waals surface area contributed by atoms with Crippen molar-refractivity contribution in [2.24, 2.45) is 0 Å². The van der Waals surface area contributed by atoms with Gasteiger partial charge >= 0.3 is 0 Å². The molecular formula is C14H10N8S. The summed E-state index contributed by atoms with van der Waals surface area (Å²) in [4.78, 5) is 2.26. The van der Waals surface area contributed by atoms with Gasteiger partial charge in [-0.15, -0.1) is 20.4 Å². The van der Waals surface area contributed by atoms with Crippen molar-refractivity contribution in [2.75, 3.05) is 0 Å². The molecule has 0 saturated carbocycles. The van der Waals surface area contributed by atoms with Crippen molar-refractivity contribution in [3.8, 4) is 22.8 Å². The first-order chi connectivity index (χ1) is 11.4. The zero-order chi connectivity index (χ0) is 15.5. The van der Waals surface area contributed by atoms with Crippen molar-refractivity contribution in [1.29, 1.82) is 0 Å². The molecule has 0 aliphatic carbocycles. The van der Waals surface area contributed by atoms with E-state index in [1.165, 1.54) is 0 Å². The second kappa shape index (κ2) is 5.97. The van der Waals surface area contributed by atoms with Crippen molar-refractivity contribution < 1.29 is 0 Å². The number of rotatable bonds is 4. The van der Waals surface area contributed by atoms with Gasteiger partial charge in [-0.2, -0.15) is 10.4 Å². The Labute approximate surface area is 134 Å². The molecule has 0 atom stereocenters. The average molecular weight is 322 g/mol. The Hall–Kier alpha value is -3.07. The van der Waals surface area contributed by atoms with Gasteiger partial charge in [-0.1, -0.05) is 11.8 Å². The van der Waals surface area contributed by atoms with Crippen LogP contribution in [0.3, 0.4) is 0 Å². The summed E-state index contributed by atoms with van der Waals surface area (Å²) < 4.78 is 0. The fourth-order valence-electron chi connectivity index (χ4n) is 2.05. The quantitative estimate of drug-likeness (QED) is 0.592.